The van der Waals surface area contributed by atoms with Gasteiger partial charge in [-0.1, -0.05) is 19.9 Å². The number of hydrogen-bond donors (Lipinski definition) is 2. The predicted octanol–water partition coefficient (Wildman–Crippen LogP) is 3.59. The molecule has 2 aromatic rings. The molecule has 1 amide bonds. The van der Waals surface area contributed by atoms with Crippen molar-refractivity contribution in [3.8, 4) is 0 Å². The molecule has 5 nitrogen and oxygen atoms in total. The van der Waals surface area contributed by atoms with Crippen LogP contribution in [0.15, 0.2) is 28.9 Å². The van der Waals surface area contributed by atoms with Crippen molar-refractivity contribution in [2.75, 3.05) is 5.32 Å². The van der Waals surface area contributed by atoms with E-state index in [0.717, 1.165) is 23.2 Å². The van der Waals surface area contributed by atoms with Gasteiger partial charge >= 0.3 is 0 Å². The molecule has 0 aliphatic carbocycles. The molecule has 0 saturated heterocycles. The zero-order valence-electron chi connectivity index (χ0n) is 13.5. The summed E-state index contributed by atoms with van der Waals surface area (Å²) in [6.07, 6.45) is 2.12. The molecular formula is C17H23N3O2. The second-order valence-corrected chi connectivity index (χ2v) is 6.14. The maximum atomic E-state index is 12.2. The number of oxazole rings is 1. The SMILES string of the molecule is Cc1cc(C)cc(NC(=O)c2coc(C(N)CC(C)C)n2)c1. The van der Waals surface area contributed by atoms with Gasteiger partial charge in [0.2, 0.25) is 5.89 Å². The van der Waals surface area contributed by atoms with E-state index >= 15 is 0 Å². The number of carbonyl (C=O) groups excluding carboxylic acids is 1. The number of nitrogens with zero attached hydrogens (tertiary/aromatic N) is 1. The minimum Gasteiger partial charge on any atom is -0.446 e. The van der Waals surface area contributed by atoms with Crippen molar-refractivity contribution >= 4 is 11.6 Å². The first-order valence-corrected chi connectivity index (χ1v) is 7.46. The average molecular weight is 301 g/mol. The van der Waals surface area contributed by atoms with E-state index in [9.17, 15) is 4.79 Å². The van der Waals surface area contributed by atoms with E-state index in [0.29, 0.717) is 11.8 Å². The molecule has 118 valence electrons. The van der Waals surface area contributed by atoms with E-state index in [-0.39, 0.29) is 17.6 Å². The van der Waals surface area contributed by atoms with Crippen LogP contribution in [-0.2, 0) is 0 Å². The lowest BCUT2D eigenvalue weighted by atomic mass is 10.0. The lowest BCUT2D eigenvalue weighted by Crippen LogP contribution is -2.15. The Morgan fingerprint density at radius 2 is 1.91 bits per heavy atom. The zero-order chi connectivity index (χ0) is 16.3. The highest BCUT2D eigenvalue weighted by molar-refractivity contribution is 6.02. The van der Waals surface area contributed by atoms with Crippen LogP contribution in [0.3, 0.4) is 0 Å². The summed E-state index contributed by atoms with van der Waals surface area (Å²) in [5.41, 5.74) is 9.19. The third-order valence-electron chi connectivity index (χ3n) is 3.28. The average Bonchev–Trinajstić information content (AvgIpc) is 2.86. The van der Waals surface area contributed by atoms with Gasteiger partial charge in [0.05, 0.1) is 6.04 Å². The zero-order valence-corrected chi connectivity index (χ0v) is 13.5. The fraction of sp³-hybridized carbons (Fsp3) is 0.412. The molecule has 0 aliphatic rings. The van der Waals surface area contributed by atoms with Gasteiger partial charge in [0.25, 0.3) is 5.91 Å². The topological polar surface area (TPSA) is 81.2 Å². The van der Waals surface area contributed by atoms with Gasteiger partial charge in [0.1, 0.15) is 6.26 Å². The minimum absolute atomic E-state index is 0.244. The molecule has 0 spiro atoms. The van der Waals surface area contributed by atoms with Crippen LogP contribution in [0.2, 0.25) is 0 Å². The van der Waals surface area contributed by atoms with Crippen LogP contribution in [0.25, 0.3) is 0 Å². The monoisotopic (exact) mass is 301 g/mol. The summed E-state index contributed by atoms with van der Waals surface area (Å²) in [6, 6.07) is 5.59. The van der Waals surface area contributed by atoms with Gasteiger partial charge < -0.3 is 15.5 Å². The molecule has 0 saturated carbocycles. The largest absolute Gasteiger partial charge is 0.446 e. The van der Waals surface area contributed by atoms with Crippen LogP contribution in [0.5, 0.6) is 0 Å². The third-order valence-corrected chi connectivity index (χ3v) is 3.28. The van der Waals surface area contributed by atoms with Gasteiger partial charge in [-0.05, 0) is 49.4 Å². The molecular weight excluding hydrogens is 278 g/mol. The molecule has 1 heterocycles. The molecule has 22 heavy (non-hydrogen) atoms. The van der Waals surface area contributed by atoms with Crippen molar-refractivity contribution < 1.29 is 9.21 Å². The number of aromatic nitrogens is 1. The number of nitrogens with two attached hydrogens (primary N) is 1. The van der Waals surface area contributed by atoms with Crippen molar-refractivity contribution in [2.45, 2.75) is 40.2 Å². The number of benzene rings is 1. The first kappa shape index (κ1) is 16.2. The molecule has 0 radical (unpaired) electrons. The Balaban J connectivity index is 2.08. The number of anilines is 1. The van der Waals surface area contributed by atoms with Gasteiger partial charge in [0, 0.05) is 5.69 Å². The van der Waals surface area contributed by atoms with E-state index in [1.54, 1.807) is 0 Å². The number of nitrogens with one attached hydrogen (secondary N) is 1. The first-order chi connectivity index (χ1) is 10.3. The quantitative estimate of drug-likeness (QED) is 0.884. The van der Waals surface area contributed by atoms with Gasteiger partial charge in [0.15, 0.2) is 5.69 Å². The van der Waals surface area contributed by atoms with Gasteiger partial charge in [-0.15, -0.1) is 0 Å². The molecule has 0 fully saturated rings. The smallest absolute Gasteiger partial charge is 0.277 e. The summed E-state index contributed by atoms with van der Waals surface area (Å²) in [5.74, 6) is 0.547. The number of aryl methyl sites for hydroxylation is 2. The van der Waals surface area contributed by atoms with E-state index in [4.69, 9.17) is 10.2 Å². The summed E-state index contributed by atoms with van der Waals surface area (Å²) < 4.78 is 5.34. The molecule has 1 aromatic carbocycles. The molecule has 1 unspecified atom stereocenters. The highest BCUT2D eigenvalue weighted by Crippen LogP contribution is 2.19. The first-order valence-electron chi connectivity index (χ1n) is 7.46. The molecule has 3 N–H and O–H groups in total. The second-order valence-electron chi connectivity index (χ2n) is 6.14. The Labute approximate surface area is 130 Å². The Kier molecular flexibility index (Phi) is 4.98. The van der Waals surface area contributed by atoms with E-state index in [2.05, 4.69) is 30.2 Å². The Morgan fingerprint density at radius 1 is 1.27 bits per heavy atom. The van der Waals surface area contributed by atoms with E-state index < -0.39 is 0 Å². The van der Waals surface area contributed by atoms with Crippen molar-refractivity contribution in [3.05, 3.63) is 47.2 Å². The lowest BCUT2D eigenvalue weighted by molar-refractivity contribution is 0.102. The van der Waals surface area contributed by atoms with Gasteiger partial charge in [-0.3, -0.25) is 4.79 Å². The summed E-state index contributed by atoms with van der Waals surface area (Å²) in [5, 5.41) is 2.83. The second kappa shape index (κ2) is 6.75. The fourth-order valence-corrected chi connectivity index (χ4v) is 2.41. The maximum Gasteiger partial charge on any atom is 0.277 e. The summed E-state index contributed by atoms with van der Waals surface area (Å²) in [6.45, 7) is 8.14. The Morgan fingerprint density at radius 3 is 2.50 bits per heavy atom. The summed E-state index contributed by atoms with van der Waals surface area (Å²) >= 11 is 0. The summed E-state index contributed by atoms with van der Waals surface area (Å²) in [4.78, 5) is 16.4. The van der Waals surface area contributed by atoms with Crippen molar-refractivity contribution in [1.82, 2.24) is 4.98 Å². The van der Waals surface area contributed by atoms with Crippen LogP contribution in [0, 0.1) is 19.8 Å². The molecule has 0 bridgehead atoms. The molecule has 5 heteroatoms. The van der Waals surface area contributed by atoms with Crippen molar-refractivity contribution in [1.29, 1.82) is 0 Å². The maximum absolute atomic E-state index is 12.2. The predicted molar refractivity (Wildman–Crippen MR) is 86.8 cm³/mol. The summed E-state index contributed by atoms with van der Waals surface area (Å²) in [7, 11) is 0. The van der Waals surface area contributed by atoms with E-state index in [1.807, 2.05) is 26.0 Å². The number of hydrogen-bond acceptors (Lipinski definition) is 4. The Bertz CT molecular complexity index is 641. The molecule has 1 atom stereocenters. The molecule has 1 aromatic heterocycles. The molecule has 2 rings (SSSR count). The van der Waals surface area contributed by atoms with Crippen LogP contribution in [-0.4, -0.2) is 10.9 Å². The van der Waals surface area contributed by atoms with Crippen LogP contribution < -0.4 is 11.1 Å². The third kappa shape index (κ3) is 4.18. The normalized spacial score (nSPS) is 12.5. The lowest BCUT2D eigenvalue weighted by Gasteiger charge is -2.09. The van der Waals surface area contributed by atoms with Crippen molar-refractivity contribution in [3.63, 3.8) is 0 Å². The van der Waals surface area contributed by atoms with E-state index in [1.165, 1.54) is 6.26 Å². The number of carbonyl (C=O) groups is 1. The fourth-order valence-electron chi connectivity index (χ4n) is 2.41. The highest BCUT2D eigenvalue weighted by atomic mass is 16.3. The number of rotatable bonds is 5. The van der Waals surface area contributed by atoms with Crippen LogP contribution >= 0.6 is 0 Å². The number of amides is 1. The highest BCUT2D eigenvalue weighted by Gasteiger charge is 2.18. The van der Waals surface area contributed by atoms with Crippen LogP contribution in [0.1, 0.15) is 53.8 Å². The van der Waals surface area contributed by atoms with Gasteiger partial charge in [-0.25, -0.2) is 4.98 Å². The minimum atomic E-state index is -0.295. The van der Waals surface area contributed by atoms with Crippen LogP contribution in [0.4, 0.5) is 5.69 Å². The van der Waals surface area contributed by atoms with Crippen molar-refractivity contribution in [2.24, 2.45) is 11.7 Å². The molecule has 0 aliphatic heterocycles. The Hall–Kier alpha value is -2.14. The standard InChI is InChI=1S/C17H23N3O2/c1-10(2)5-14(18)17-20-15(9-22-17)16(21)19-13-7-11(3)6-12(4)8-13/h6-10,14H,5,18H2,1-4H3,(H,19,21). The van der Waals surface area contributed by atoms with Gasteiger partial charge in [-0.2, -0.15) is 0 Å².